The Labute approximate surface area is 130 Å². The van der Waals surface area contributed by atoms with Gasteiger partial charge in [-0.05, 0) is 25.3 Å². The lowest BCUT2D eigenvalue weighted by atomic mass is 9.89. The molecule has 0 saturated carbocycles. The topological polar surface area (TPSA) is 39.1 Å². The third-order valence-electron chi connectivity index (χ3n) is 4.14. The zero-order valence-corrected chi connectivity index (χ0v) is 14.5. The number of hydrogen-bond donors (Lipinski definition) is 1. The van der Waals surface area contributed by atoms with Crippen molar-refractivity contribution in [2.45, 2.75) is 72.4 Å². The maximum atomic E-state index is 5.58. The van der Waals surface area contributed by atoms with Gasteiger partial charge in [0.1, 0.15) is 0 Å². The van der Waals surface area contributed by atoms with Crippen LogP contribution in [0, 0.1) is 5.92 Å². The lowest BCUT2D eigenvalue weighted by Gasteiger charge is -2.28. The Morgan fingerprint density at radius 3 is 2.52 bits per heavy atom. The Morgan fingerprint density at radius 1 is 1.24 bits per heavy atom. The number of methoxy groups -OCH3 is 1. The zero-order valence-electron chi connectivity index (χ0n) is 14.5. The quantitative estimate of drug-likeness (QED) is 0.666. The van der Waals surface area contributed by atoms with E-state index in [1.807, 2.05) is 6.20 Å². The first-order valence-corrected chi connectivity index (χ1v) is 8.56. The van der Waals surface area contributed by atoms with Gasteiger partial charge in [-0.2, -0.15) is 5.10 Å². The smallest absolute Gasteiger partial charge is 0.161 e. The maximum absolute atomic E-state index is 5.58. The highest BCUT2D eigenvalue weighted by atomic mass is 16.5. The Balaban J connectivity index is 3.09. The molecule has 122 valence electrons. The lowest BCUT2D eigenvalue weighted by molar-refractivity contribution is 0.298. The zero-order chi connectivity index (χ0) is 15.7. The summed E-state index contributed by atoms with van der Waals surface area (Å²) in [6.45, 7) is 10.8. The first-order valence-electron chi connectivity index (χ1n) is 8.56. The van der Waals surface area contributed by atoms with Crippen LogP contribution >= 0.6 is 0 Å². The molecule has 1 aromatic heterocycles. The molecule has 1 aromatic rings. The predicted molar refractivity (Wildman–Crippen MR) is 88.8 cm³/mol. The van der Waals surface area contributed by atoms with Crippen molar-refractivity contribution in [1.82, 2.24) is 15.1 Å². The molecule has 1 rings (SSSR count). The van der Waals surface area contributed by atoms with Gasteiger partial charge in [-0.1, -0.05) is 47.0 Å². The highest BCUT2D eigenvalue weighted by molar-refractivity contribution is 5.29. The Hall–Kier alpha value is -1.03. The van der Waals surface area contributed by atoms with Crippen LogP contribution in [-0.4, -0.2) is 23.4 Å². The molecule has 4 nitrogen and oxygen atoms in total. The first kappa shape index (κ1) is 18.0. The fourth-order valence-electron chi connectivity index (χ4n) is 3.02. The van der Waals surface area contributed by atoms with Crippen LogP contribution in [-0.2, 0) is 6.54 Å². The number of nitrogens with zero attached hydrogens (tertiary/aromatic N) is 2. The second-order valence-electron chi connectivity index (χ2n) is 5.67. The molecule has 0 saturated heterocycles. The van der Waals surface area contributed by atoms with Crippen molar-refractivity contribution < 1.29 is 4.74 Å². The van der Waals surface area contributed by atoms with Crippen molar-refractivity contribution in [1.29, 1.82) is 0 Å². The van der Waals surface area contributed by atoms with Gasteiger partial charge in [-0.3, -0.25) is 4.68 Å². The summed E-state index contributed by atoms with van der Waals surface area (Å²) in [5.41, 5.74) is 1.23. The molecular weight excluding hydrogens is 262 g/mol. The molecule has 0 aliphatic heterocycles. The van der Waals surface area contributed by atoms with Crippen LogP contribution in [0.3, 0.4) is 0 Å². The molecule has 4 heteroatoms. The van der Waals surface area contributed by atoms with Crippen molar-refractivity contribution in [3.63, 3.8) is 0 Å². The van der Waals surface area contributed by atoms with Gasteiger partial charge in [0.05, 0.1) is 25.0 Å². The summed E-state index contributed by atoms with van der Waals surface area (Å²) < 4.78 is 7.70. The number of nitrogens with one attached hydrogen (secondary N) is 1. The molecule has 0 bridgehead atoms. The molecule has 0 aliphatic carbocycles. The average Bonchev–Trinajstić information content (AvgIpc) is 2.89. The highest BCUT2D eigenvalue weighted by Gasteiger charge is 2.27. The molecule has 0 amide bonds. The van der Waals surface area contributed by atoms with E-state index in [0.717, 1.165) is 25.3 Å². The van der Waals surface area contributed by atoms with Crippen molar-refractivity contribution >= 4 is 0 Å². The van der Waals surface area contributed by atoms with Crippen LogP contribution in [0.1, 0.15) is 71.5 Å². The molecule has 0 spiro atoms. The predicted octanol–water partition coefficient (Wildman–Crippen LogP) is 4.17. The van der Waals surface area contributed by atoms with Crippen LogP contribution in [0.15, 0.2) is 6.20 Å². The number of aryl methyl sites for hydroxylation is 1. The monoisotopic (exact) mass is 295 g/mol. The number of aromatic nitrogens is 2. The molecular formula is C17H33N3O. The normalized spacial score (nSPS) is 14.1. The molecule has 21 heavy (non-hydrogen) atoms. The summed E-state index contributed by atoms with van der Waals surface area (Å²) in [6.07, 6.45) is 7.92. The fraction of sp³-hybridized carbons (Fsp3) is 0.824. The van der Waals surface area contributed by atoms with Crippen LogP contribution in [0.2, 0.25) is 0 Å². The van der Waals surface area contributed by atoms with Gasteiger partial charge in [0, 0.05) is 6.54 Å². The third-order valence-corrected chi connectivity index (χ3v) is 4.14. The minimum absolute atomic E-state index is 0.329. The largest absolute Gasteiger partial charge is 0.493 e. The van der Waals surface area contributed by atoms with Crippen molar-refractivity contribution in [2.24, 2.45) is 5.92 Å². The number of hydrogen-bond acceptors (Lipinski definition) is 3. The van der Waals surface area contributed by atoms with Crippen molar-refractivity contribution in [3.8, 4) is 5.75 Å². The maximum Gasteiger partial charge on any atom is 0.161 e. The average molecular weight is 295 g/mol. The fourth-order valence-corrected chi connectivity index (χ4v) is 3.02. The molecule has 1 N–H and O–H groups in total. The van der Waals surface area contributed by atoms with E-state index in [4.69, 9.17) is 4.74 Å². The van der Waals surface area contributed by atoms with Crippen LogP contribution in [0.4, 0.5) is 0 Å². The Morgan fingerprint density at radius 2 is 2.00 bits per heavy atom. The summed E-state index contributed by atoms with van der Waals surface area (Å²) in [6, 6.07) is 0.329. The van der Waals surface area contributed by atoms with Gasteiger partial charge in [0.25, 0.3) is 0 Å². The second-order valence-corrected chi connectivity index (χ2v) is 5.67. The molecule has 0 radical (unpaired) electrons. The van der Waals surface area contributed by atoms with E-state index in [0.29, 0.717) is 12.0 Å². The molecule has 1 heterocycles. The number of ether oxygens (including phenoxy) is 1. The van der Waals surface area contributed by atoms with E-state index in [1.165, 1.54) is 31.4 Å². The van der Waals surface area contributed by atoms with Crippen LogP contribution < -0.4 is 10.1 Å². The van der Waals surface area contributed by atoms with E-state index >= 15 is 0 Å². The Bertz CT molecular complexity index is 389. The summed E-state index contributed by atoms with van der Waals surface area (Å²) >= 11 is 0. The van der Waals surface area contributed by atoms with E-state index in [9.17, 15) is 0 Å². The number of unbranched alkanes of at least 4 members (excludes halogenated alkanes) is 1. The van der Waals surface area contributed by atoms with Gasteiger partial charge >= 0.3 is 0 Å². The van der Waals surface area contributed by atoms with Crippen molar-refractivity contribution in [2.75, 3.05) is 13.7 Å². The minimum Gasteiger partial charge on any atom is -0.493 e. The molecule has 2 unspecified atom stereocenters. The standard InChI is InChI=1S/C17H33N3O/c1-6-10-11-14(8-3)16(18-9-4)17-15(21-5)13-19-20(17)12-7-2/h13-14,16,18H,6-12H2,1-5H3. The SMILES string of the molecule is CCCCC(CC)C(NCC)c1c(OC)cnn1CCC. The lowest BCUT2D eigenvalue weighted by Crippen LogP contribution is -2.30. The van der Waals surface area contributed by atoms with Gasteiger partial charge in [0.15, 0.2) is 5.75 Å². The summed E-state index contributed by atoms with van der Waals surface area (Å²) in [4.78, 5) is 0. The third kappa shape index (κ3) is 4.73. The highest BCUT2D eigenvalue weighted by Crippen LogP contribution is 2.34. The van der Waals surface area contributed by atoms with Gasteiger partial charge < -0.3 is 10.1 Å². The van der Waals surface area contributed by atoms with E-state index < -0.39 is 0 Å². The Kier molecular flexibility index (Phi) is 8.43. The molecule has 2 atom stereocenters. The minimum atomic E-state index is 0.329. The summed E-state index contributed by atoms with van der Waals surface area (Å²) in [5.74, 6) is 1.55. The first-order chi connectivity index (χ1) is 10.2. The van der Waals surface area contributed by atoms with Crippen LogP contribution in [0.5, 0.6) is 5.75 Å². The van der Waals surface area contributed by atoms with Crippen LogP contribution in [0.25, 0.3) is 0 Å². The van der Waals surface area contributed by atoms with E-state index in [-0.39, 0.29) is 0 Å². The van der Waals surface area contributed by atoms with Crippen molar-refractivity contribution in [3.05, 3.63) is 11.9 Å². The molecule has 0 aliphatic rings. The molecule has 0 aromatic carbocycles. The number of rotatable bonds is 11. The van der Waals surface area contributed by atoms with E-state index in [2.05, 4.69) is 42.8 Å². The van der Waals surface area contributed by atoms with Gasteiger partial charge in [0.2, 0.25) is 0 Å². The molecule has 0 fully saturated rings. The van der Waals surface area contributed by atoms with E-state index in [1.54, 1.807) is 7.11 Å². The van der Waals surface area contributed by atoms with Gasteiger partial charge in [-0.25, -0.2) is 0 Å². The summed E-state index contributed by atoms with van der Waals surface area (Å²) in [7, 11) is 1.74. The second kappa shape index (κ2) is 9.82. The van der Waals surface area contributed by atoms with Gasteiger partial charge in [-0.15, -0.1) is 0 Å². The summed E-state index contributed by atoms with van der Waals surface area (Å²) in [5, 5.41) is 8.21.